The molecule has 0 saturated heterocycles. The molecule has 0 unspecified atom stereocenters. The summed E-state index contributed by atoms with van der Waals surface area (Å²) in [6, 6.07) is 12.7. The number of hydrogen-bond acceptors (Lipinski definition) is 3. The van der Waals surface area contributed by atoms with Crippen molar-refractivity contribution >= 4 is 5.96 Å². The van der Waals surface area contributed by atoms with Gasteiger partial charge in [0.05, 0.1) is 13.4 Å². The van der Waals surface area contributed by atoms with Crippen LogP contribution in [-0.2, 0) is 12.8 Å². The first-order chi connectivity index (χ1) is 12.8. The lowest BCUT2D eigenvalue weighted by Crippen LogP contribution is -2.43. The van der Waals surface area contributed by atoms with Crippen molar-refractivity contribution < 1.29 is 9.15 Å². The van der Waals surface area contributed by atoms with Crippen LogP contribution in [-0.4, -0.2) is 32.2 Å². The van der Waals surface area contributed by atoms with E-state index in [9.17, 15) is 0 Å². The van der Waals surface area contributed by atoms with E-state index in [4.69, 9.17) is 14.1 Å². The molecule has 1 fully saturated rings. The number of nitrogens with one attached hydrogen (secondary N) is 2. The van der Waals surface area contributed by atoms with E-state index in [1.807, 2.05) is 24.3 Å². The minimum Gasteiger partial charge on any atom is -0.497 e. The number of ether oxygens (including phenoxy) is 1. The Morgan fingerprint density at radius 1 is 1.15 bits per heavy atom. The summed E-state index contributed by atoms with van der Waals surface area (Å²) < 4.78 is 10.6. The van der Waals surface area contributed by atoms with Gasteiger partial charge in [0.15, 0.2) is 5.96 Å². The number of guanidine groups is 1. The predicted molar refractivity (Wildman–Crippen MR) is 105 cm³/mol. The van der Waals surface area contributed by atoms with Crippen LogP contribution in [0.4, 0.5) is 0 Å². The number of aliphatic imine (C=N–C) groups is 1. The van der Waals surface area contributed by atoms with Crippen molar-refractivity contribution in [1.29, 1.82) is 0 Å². The van der Waals surface area contributed by atoms with Crippen LogP contribution in [0.25, 0.3) is 0 Å². The van der Waals surface area contributed by atoms with E-state index in [2.05, 4.69) is 22.8 Å². The Labute approximate surface area is 155 Å². The van der Waals surface area contributed by atoms with Crippen molar-refractivity contribution in [2.24, 2.45) is 4.99 Å². The van der Waals surface area contributed by atoms with Gasteiger partial charge in [0.25, 0.3) is 0 Å². The number of furan rings is 1. The maximum absolute atomic E-state index is 5.39. The quantitative estimate of drug-likeness (QED) is 0.562. The standard InChI is InChI=1S/C21H29N3O2/c1-25-19-10-8-17(9-11-19)12-14-22-21(24-18-5-2-3-6-18)23-15-13-20-7-4-16-26-20/h4,7-11,16,18H,2-3,5-6,12-15H2,1H3,(H2,22,23,24). The van der Waals surface area contributed by atoms with Crippen molar-refractivity contribution in [3.63, 3.8) is 0 Å². The largest absolute Gasteiger partial charge is 0.497 e. The molecular formula is C21H29N3O2. The topological polar surface area (TPSA) is 58.8 Å². The van der Waals surface area contributed by atoms with Crippen LogP contribution in [0, 0.1) is 0 Å². The van der Waals surface area contributed by atoms with Crippen LogP contribution in [0.2, 0.25) is 0 Å². The molecule has 0 radical (unpaired) electrons. The lowest BCUT2D eigenvalue weighted by atomic mass is 10.1. The highest BCUT2D eigenvalue weighted by atomic mass is 16.5. The second kappa shape index (κ2) is 9.90. The van der Waals surface area contributed by atoms with Gasteiger partial charge in [-0.3, -0.25) is 4.99 Å². The minimum absolute atomic E-state index is 0.547. The van der Waals surface area contributed by atoms with Crippen LogP contribution in [0.3, 0.4) is 0 Å². The zero-order valence-electron chi connectivity index (χ0n) is 15.5. The Bertz CT molecular complexity index is 659. The Kier molecular flexibility index (Phi) is 6.99. The first kappa shape index (κ1) is 18.4. The predicted octanol–water partition coefficient (Wildman–Crippen LogP) is 3.55. The molecule has 2 aromatic rings. The molecule has 0 bridgehead atoms. The van der Waals surface area contributed by atoms with Gasteiger partial charge in [-0.15, -0.1) is 0 Å². The number of methoxy groups -OCH3 is 1. The maximum Gasteiger partial charge on any atom is 0.191 e. The third kappa shape index (κ3) is 5.83. The second-order valence-electron chi connectivity index (χ2n) is 6.71. The molecular weight excluding hydrogens is 326 g/mol. The van der Waals surface area contributed by atoms with Gasteiger partial charge in [0.2, 0.25) is 0 Å². The lowest BCUT2D eigenvalue weighted by molar-refractivity contribution is 0.414. The van der Waals surface area contributed by atoms with Crippen molar-refractivity contribution in [3.05, 3.63) is 54.0 Å². The Morgan fingerprint density at radius 3 is 2.65 bits per heavy atom. The monoisotopic (exact) mass is 355 g/mol. The molecule has 0 atom stereocenters. The van der Waals surface area contributed by atoms with Gasteiger partial charge in [-0.25, -0.2) is 0 Å². The summed E-state index contributed by atoms with van der Waals surface area (Å²) in [7, 11) is 1.69. The molecule has 5 heteroatoms. The summed E-state index contributed by atoms with van der Waals surface area (Å²) in [5.74, 6) is 2.79. The van der Waals surface area contributed by atoms with Crippen LogP contribution >= 0.6 is 0 Å². The number of rotatable bonds is 8. The van der Waals surface area contributed by atoms with Gasteiger partial charge >= 0.3 is 0 Å². The molecule has 0 amide bonds. The van der Waals surface area contributed by atoms with E-state index >= 15 is 0 Å². The highest BCUT2D eigenvalue weighted by Gasteiger charge is 2.16. The molecule has 0 spiro atoms. The molecule has 1 aliphatic rings. The normalized spacial score (nSPS) is 15.2. The van der Waals surface area contributed by atoms with Crippen LogP contribution in [0.15, 0.2) is 52.1 Å². The first-order valence-electron chi connectivity index (χ1n) is 9.53. The highest BCUT2D eigenvalue weighted by molar-refractivity contribution is 5.80. The van der Waals surface area contributed by atoms with Crippen LogP contribution in [0.5, 0.6) is 5.75 Å². The van der Waals surface area contributed by atoms with Gasteiger partial charge in [-0.1, -0.05) is 25.0 Å². The fourth-order valence-corrected chi connectivity index (χ4v) is 3.27. The Morgan fingerprint density at radius 2 is 1.96 bits per heavy atom. The van der Waals surface area contributed by atoms with E-state index in [1.165, 1.54) is 31.2 Å². The number of benzene rings is 1. The molecule has 2 N–H and O–H groups in total. The number of nitrogens with zero attached hydrogens (tertiary/aromatic N) is 1. The summed E-state index contributed by atoms with van der Waals surface area (Å²) in [6.07, 6.45) is 8.57. The molecule has 1 saturated carbocycles. The summed E-state index contributed by atoms with van der Waals surface area (Å²) >= 11 is 0. The van der Waals surface area contributed by atoms with E-state index < -0.39 is 0 Å². The summed E-state index contributed by atoms with van der Waals surface area (Å²) in [5.41, 5.74) is 1.29. The van der Waals surface area contributed by atoms with Gasteiger partial charge in [-0.05, 0) is 49.1 Å². The molecule has 1 aromatic heterocycles. The van der Waals surface area contributed by atoms with Crippen molar-refractivity contribution in [1.82, 2.24) is 10.6 Å². The van der Waals surface area contributed by atoms with Gasteiger partial charge in [-0.2, -0.15) is 0 Å². The molecule has 1 aromatic carbocycles. The summed E-state index contributed by atoms with van der Waals surface area (Å²) in [6.45, 7) is 1.57. The summed E-state index contributed by atoms with van der Waals surface area (Å²) in [5, 5.41) is 7.07. The fraction of sp³-hybridized carbons (Fsp3) is 0.476. The Hall–Kier alpha value is -2.43. The molecule has 140 valence electrons. The minimum atomic E-state index is 0.547. The Balaban J connectivity index is 1.49. The zero-order valence-corrected chi connectivity index (χ0v) is 15.5. The average molecular weight is 355 g/mol. The molecule has 3 rings (SSSR count). The first-order valence-corrected chi connectivity index (χ1v) is 9.53. The molecule has 0 aliphatic heterocycles. The SMILES string of the molecule is COc1ccc(CCNC(=NCCc2ccco2)NC2CCCC2)cc1. The van der Waals surface area contributed by atoms with Crippen LogP contribution in [0.1, 0.15) is 37.0 Å². The highest BCUT2D eigenvalue weighted by Crippen LogP contribution is 2.17. The van der Waals surface area contributed by atoms with E-state index in [-0.39, 0.29) is 0 Å². The van der Waals surface area contributed by atoms with Gasteiger partial charge in [0, 0.05) is 25.6 Å². The molecule has 5 nitrogen and oxygen atoms in total. The van der Waals surface area contributed by atoms with E-state index in [0.717, 1.165) is 43.4 Å². The third-order valence-electron chi connectivity index (χ3n) is 4.77. The maximum atomic E-state index is 5.39. The van der Waals surface area contributed by atoms with E-state index in [1.54, 1.807) is 13.4 Å². The lowest BCUT2D eigenvalue weighted by Gasteiger charge is -2.17. The third-order valence-corrected chi connectivity index (χ3v) is 4.77. The van der Waals surface area contributed by atoms with Crippen molar-refractivity contribution in [2.45, 2.75) is 44.6 Å². The summed E-state index contributed by atoms with van der Waals surface area (Å²) in [4.78, 5) is 4.74. The fourth-order valence-electron chi connectivity index (χ4n) is 3.27. The van der Waals surface area contributed by atoms with E-state index in [0.29, 0.717) is 6.04 Å². The molecule has 1 aliphatic carbocycles. The van der Waals surface area contributed by atoms with Gasteiger partial charge < -0.3 is 19.8 Å². The molecule has 26 heavy (non-hydrogen) atoms. The van der Waals surface area contributed by atoms with Gasteiger partial charge in [0.1, 0.15) is 11.5 Å². The van der Waals surface area contributed by atoms with Crippen molar-refractivity contribution in [3.8, 4) is 5.75 Å². The van der Waals surface area contributed by atoms with Crippen LogP contribution < -0.4 is 15.4 Å². The van der Waals surface area contributed by atoms with Crippen molar-refractivity contribution in [2.75, 3.05) is 20.2 Å². The molecule has 1 heterocycles. The second-order valence-corrected chi connectivity index (χ2v) is 6.71. The smallest absolute Gasteiger partial charge is 0.191 e. The average Bonchev–Trinajstić information content (AvgIpc) is 3.36. The number of hydrogen-bond donors (Lipinski definition) is 2. The zero-order chi connectivity index (χ0) is 18.0.